The fraction of sp³-hybridized carbons (Fsp3) is 1.00. The molecule has 0 aromatic carbocycles. The molecule has 1 rings (SSSR count). The van der Waals surface area contributed by atoms with Crippen LogP contribution in [0.3, 0.4) is 0 Å². The molecule has 126 valence electrons. The fourth-order valence-corrected chi connectivity index (χ4v) is 2.91. The van der Waals surface area contributed by atoms with Crippen molar-refractivity contribution in [3.63, 3.8) is 0 Å². The minimum Gasteiger partial charge on any atom is -0.379 e. The summed E-state index contributed by atoms with van der Waals surface area (Å²) in [6.45, 7) is 8.66. The number of unbranched alkanes of at least 4 members (excludes halogenated alkanes) is 1. The lowest BCUT2D eigenvalue weighted by atomic mass is 9.93. The van der Waals surface area contributed by atoms with E-state index in [4.69, 9.17) is 19.9 Å². The predicted octanol–water partition coefficient (Wildman–Crippen LogP) is 3.13. The van der Waals surface area contributed by atoms with Crippen molar-refractivity contribution in [2.24, 2.45) is 11.7 Å². The van der Waals surface area contributed by atoms with Gasteiger partial charge in [0.05, 0.1) is 26.4 Å². The van der Waals surface area contributed by atoms with Crippen molar-refractivity contribution in [3.05, 3.63) is 0 Å². The summed E-state index contributed by atoms with van der Waals surface area (Å²) in [5.41, 5.74) is 6.44. The molecule has 2 unspecified atom stereocenters. The fourth-order valence-electron chi connectivity index (χ4n) is 2.91. The van der Waals surface area contributed by atoms with Crippen LogP contribution < -0.4 is 5.73 Å². The van der Waals surface area contributed by atoms with Crippen LogP contribution in [-0.2, 0) is 14.2 Å². The van der Waals surface area contributed by atoms with E-state index in [0.29, 0.717) is 26.4 Å². The van der Waals surface area contributed by atoms with Crippen LogP contribution in [0.1, 0.15) is 58.8 Å². The van der Waals surface area contributed by atoms with Gasteiger partial charge in [0.15, 0.2) is 0 Å². The normalized spacial score (nSPS) is 25.6. The van der Waals surface area contributed by atoms with Gasteiger partial charge in [-0.15, -0.1) is 0 Å². The van der Waals surface area contributed by atoms with Crippen molar-refractivity contribution in [3.8, 4) is 0 Å². The minimum absolute atomic E-state index is 0.0225. The van der Waals surface area contributed by atoms with Crippen molar-refractivity contribution >= 4 is 0 Å². The first kappa shape index (κ1) is 18.9. The van der Waals surface area contributed by atoms with E-state index in [1.54, 1.807) is 0 Å². The lowest BCUT2D eigenvalue weighted by molar-refractivity contribution is 0.0111. The molecule has 2 atom stereocenters. The Morgan fingerprint density at radius 2 is 1.57 bits per heavy atom. The SMILES string of the molecule is CCCCOCCOCCOCCC1(N)CCC(CC)C1. The maximum absolute atomic E-state index is 6.42. The van der Waals surface area contributed by atoms with Crippen LogP contribution in [0, 0.1) is 5.92 Å². The largest absolute Gasteiger partial charge is 0.379 e. The maximum Gasteiger partial charge on any atom is 0.0701 e. The average Bonchev–Trinajstić information content (AvgIpc) is 2.87. The first-order valence-corrected chi connectivity index (χ1v) is 8.72. The van der Waals surface area contributed by atoms with Crippen LogP contribution in [-0.4, -0.2) is 45.2 Å². The number of ether oxygens (including phenoxy) is 3. The molecule has 0 heterocycles. The second-order valence-electron chi connectivity index (χ2n) is 6.32. The monoisotopic (exact) mass is 301 g/mol. The van der Waals surface area contributed by atoms with Crippen molar-refractivity contribution in [2.75, 3.05) is 39.6 Å². The van der Waals surface area contributed by atoms with Gasteiger partial charge in [0.2, 0.25) is 0 Å². The van der Waals surface area contributed by atoms with Crippen molar-refractivity contribution < 1.29 is 14.2 Å². The number of nitrogens with two attached hydrogens (primary N) is 1. The molecule has 0 radical (unpaired) electrons. The quantitative estimate of drug-likeness (QED) is 0.531. The van der Waals surface area contributed by atoms with E-state index in [1.165, 1.54) is 25.7 Å². The Balaban J connectivity index is 1.84. The van der Waals surface area contributed by atoms with Gasteiger partial charge in [-0.05, 0) is 38.0 Å². The summed E-state index contributed by atoms with van der Waals surface area (Å²) in [4.78, 5) is 0. The van der Waals surface area contributed by atoms with Gasteiger partial charge in [-0.2, -0.15) is 0 Å². The first-order valence-electron chi connectivity index (χ1n) is 8.72. The van der Waals surface area contributed by atoms with E-state index < -0.39 is 0 Å². The van der Waals surface area contributed by atoms with Crippen molar-refractivity contribution in [2.45, 2.75) is 64.3 Å². The zero-order chi connectivity index (χ0) is 15.4. The highest BCUT2D eigenvalue weighted by molar-refractivity contribution is 4.92. The molecule has 21 heavy (non-hydrogen) atoms. The summed E-state index contributed by atoms with van der Waals surface area (Å²) < 4.78 is 16.5. The molecule has 0 aromatic heterocycles. The highest BCUT2D eigenvalue weighted by Gasteiger charge is 2.34. The van der Waals surface area contributed by atoms with Crippen LogP contribution in [0.2, 0.25) is 0 Å². The van der Waals surface area contributed by atoms with Gasteiger partial charge in [-0.3, -0.25) is 0 Å². The Morgan fingerprint density at radius 3 is 2.14 bits per heavy atom. The van der Waals surface area contributed by atoms with E-state index >= 15 is 0 Å². The summed E-state index contributed by atoms with van der Waals surface area (Å²) >= 11 is 0. The van der Waals surface area contributed by atoms with Crippen LogP contribution in [0.15, 0.2) is 0 Å². The van der Waals surface area contributed by atoms with Gasteiger partial charge in [0.25, 0.3) is 0 Å². The summed E-state index contributed by atoms with van der Waals surface area (Å²) in [7, 11) is 0. The number of rotatable bonds is 13. The molecule has 0 aliphatic heterocycles. The number of hydrogen-bond donors (Lipinski definition) is 1. The van der Waals surface area contributed by atoms with E-state index in [2.05, 4.69) is 13.8 Å². The lowest BCUT2D eigenvalue weighted by Crippen LogP contribution is -2.38. The smallest absolute Gasteiger partial charge is 0.0701 e. The molecular weight excluding hydrogens is 266 g/mol. The molecule has 1 aliphatic rings. The average molecular weight is 301 g/mol. The second kappa shape index (κ2) is 11.4. The zero-order valence-corrected chi connectivity index (χ0v) is 14.1. The number of hydrogen-bond acceptors (Lipinski definition) is 4. The Hall–Kier alpha value is -0.160. The first-order chi connectivity index (χ1) is 10.2. The van der Waals surface area contributed by atoms with Crippen molar-refractivity contribution in [1.29, 1.82) is 0 Å². The third kappa shape index (κ3) is 8.77. The summed E-state index contributed by atoms with van der Waals surface area (Å²) in [6.07, 6.45) is 8.14. The minimum atomic E-state index is 0.0225. The van der Waals surface area contributed by atoms with Crippen LogP contribution in [0.5, 0.6) is 0 Å². The molecule has 1 saturated carbocycles. The molecule has 0 saturated heterocycles. The third-order valence-corrected chi connectivity index (χ3v) is 4.45. The second-order valence-corrected chi connectivity index (χ2v) is 6.32. The Morgan fingerprint density at radius 1 is 0.952 bits per heavy atom. The lowest BCUT2D eigenvalue weighted by Gasteiger charge is -2.24. The Bertz CT molecular complexity index is 250. The highest BCUT2D eigenvalue weighted by Crippen LogP contribution is 2.36. The van der Waals surface area contributed by atoms with Crippen molar-refractivity contribution in [1.82, 2.24) is 0 Å². The Kier molecular flexibility index (Phi) is 10.3. The topological polar surface area (TPSA) is 53.7 Å². The molecule has 2 N–H and O–H groups in total. The van der Waals surface area contributed by atoms with Crippen LogP contribution in [0.4, 0.5) is 0 Å². The van der Waals surface area contributed by atoms with Gasteiger partial charge in [-0.1, -0.05) is 26.7 Å². The zero-order valence-electron chi connectivity index (χ0n) is 14.1. The predicted molar refractivity (Wildman–Crippen MR) is 86.5 cm³/mol. The third-order valence-electron chi connectivity index (χ3n) is 4.45. The van der Waals surface area contributed by atoms with E-state index in [9.17, 15) is 0 Å². The van der Waals surface area contributed by atoms with Gasteiger partial charge >= 0.3 is 0 Å². The van der Waals surface area contributed by atoms with Gasteiger partial charge in [0, 0.05) is 18.8 Å². The summed E-state index contributed by atoms with van der Waals surface area (Å²) in [6, 6.07) is 0. The van der Waals surface area contributed by atoms with Gasteiger partial charge in [0.1, 0.15) is 0 Å². The maximum atomic E-state index is 6.42. The molecule has 4 nitrogen and oxygen atoms in total. The molecule has 0 amide bonds. The van der Waals surface area contributed by atoms with Crippen LogP contribution >= 0.6 is 0 Å². The van der Waals surface area contributed by atoms with E-state index in [0.717, 1.165) is 38.4 Å². The van der Waals surface area contributed by atoms with E-state index in [-0.39, 0.29) is 5.54 Å². The standard InChI is InChI=1S/C17H35NO3/c1-3-5-9-19-11-13-21-14-12-20-10-8-17(18)7-6-16(4-2)15-17/h16H,3-15,18H2,1-2H3. The summed E-state index contributed by atoms with van der Waals surface area (Å²) in [5.74, 6) is 0.825. The molecule has 0 bridgehead atoms. The molecule has 4 heteroatoms. The summed E-state index contributed by atoms with van der Waals surface area (Å²) in [5, 5.41) is 0. The molecular formula is C17H35NO3. The van der Waals surface area contributed by atoms with Gasteiger partial charge < -0.3 is 19.9 Å². The molecule has 0 spiro atoms. The van der Waals surface area contributed by atoms with Crippen LogP contribution in [0.25, 0.3) is 0 Å². The molecule has 1 aliphatic carbocycles. The van der Waals surface area contributed by atoms with E-state index in [1.807, 2.05) is 0 Å². The van der Waals surface area contributed by atoms with Gasteiger partial charge in [-0.25, -0.2) is 0 Å². The Labute approximate surface area is 130 Å². The highest BCUT2D eigenvalue weighted by atomic mass is 16.5. The molecule has 1 fully saturated rings. The molecule has 0 aromatic rings.